The number of aryl methyl sites for hydroxylation is 1. The van der Waals surface area contributed by atoms with Gasteiger partial charge in [0.05, 0.1) is 0 Å². The number of nitrogens with two attached hydrogens (primary N) is 1. The minimum atomic E-state index is -0.0916. The fraction of sp³-hybridized carbons (Fsp3) is 0.500. The van der Waals surface area contributed by atoms with Gasteiger partial charge in [0.2, 0.25) is 0 Å². The lowest BCUT2D eigenvalue weighted by molar-refractivity contribution is 0.569. The molecule has 1 aromatic carbocycles. The highest BCUT2D eigenvalue weighted by atomic mass is 32.2. The number of hydrogen-bond donors (Lipinski definition) is 1. The summed E-state index contributed by atoms with van der Waals surface area (Å²) in [4.78, 5) is 0.977. The maximum atomic E-state index is 13.6. The molecule has 0 radical (unpaired) electrons. The van der Waals surface area contributed by atoms with E-state index in [0.717, 1.165) is 36.1 Å². The largest absolute Gasteiger partial charge is 0.325 e. The Kier molecular flexibility index (Phi) is 3.03. The first-order valence-corrected chi connectivity index (χ1v) is 6.47. The van der Waals surface area contributed by atoms with Crippen LogP contribution in [-0.4, -0.2) is 11.8 Å². The molecule has 82 valence electrons. The molecule has 0 amide bonds. The summed E-state index contributed by atoms with van der Waals surface area (Å²) in [7, 11) is 0. The number of rotatable bonds is 4. The van der Waals surface area contributed by atoms with E-state index in [1.54, 1.807) is 17.8 Å². The van der Waals surface area contributed by atoms with E-state index >= 15 is 0 Å². The fourth-order valence-electron chi connectivity index (χ4n) is 1.65. The topological polar surface area (TPSA) is 26.0 Å². The van der Waals surface area contributed by atoms with Gasteiger partial charge in [-0.1, -0.05) is 6.07 Å². The van der Waals surface area contributed by atoms with E-state index in [1.807, 2.05) is 18.4 Å². The molecule has 3 heteroatoms. The van der Waals surface area contributed by atoms with Crippen molar-refractivity contribution in [3.63, 3.8) is 0 Å². The van der Waals surface area contributed by atoms with Crippen LogP contribution in [-0.2, 0) is 6.42 Å². The second-order valence-electron chi connectivity index (χ2n) is 4.32. The molecule has 1 fully saturated rings. The van der Waals surface area contributed by atoms with Crippen LogP contribution >= 0.6 is 11.8 Å². The first-order valence-electron chi connectivity index (χ1n) is 5.24. The first kappa shape index (κ1) is 11.0. The lowest BCUT2D eigenvalue weighted by atomic mass is 10.0. The quantitative estimate of drug-likeness (QED) is 0.797. The standard InChI is InChI=1S/C12H16FNS/c1-15-10-3-2-9(11(13)8-10)4-5-12(14)6-7-12/h2-3,8H,4-7,14H2,1H3. The van der Waals surface area contributed by atoms with E-state index in [1.165, 1.54) is 0 Å². The van der Waals surface area contributed by atoms with Gasteiger partial charge in [0, 0.05) is 10.4 Å². The zero-order chi connectivity index (χ0) is 10.9. The van der Waals surface area contributed by atoms with Gasteiger partial charge in [-0.3, -0.25) is 0 Å². The van der Waals surface area contributed by atoms with Crippen molar-refractivity contribution in [2.24, 2.45) is 5.73 Å². The molecule has 1 aromatic rings. The van der Waals surface area contributed by atoms with Crippen LogP contribution in [0.3, 0.4) is 0 Å². The molecule has 0 unspecified atom stereocenters. The summed E-state index contributed by atoms with van der Waals surface area (Å²) in [6.07, 6.45) is 5.81. The van der Waals surface area contributed by atoms with Crippen LogP contribution < -0.4 is 5.73 Å². The van der Waals surface area contributed by atoms with Gasteiger partial charge >= 0.3 is 0 Å². The summed E-state index contributed by atoms with van der Waals surface area (Å²) in [5.41, 5.74) is 6.79. The van der Waals surface area contributed by atoms with E-state index < -0.39 is 0 Å². The van der Waals surface area contributed by atoms with E-state index in [-0.39, 0.29) is 11.4 Å². The Morgan fingerprint density at radius 1 is 1.47 bits per heavy atom. The van der Waals surface area contributed by atoms with Crippen LogP contribution in [0.15, 0.2) is 23.1 Å². The molecular formula is C12H16FNS. The maximum absolute atomic E-state index is 13.6. The van der Waals surface area contributed by atoms with Gasteiger partial charge in [-0.05, 0) is 49.6 Å². The number of benzene rings is 1. The van der Waals surface area contributed by atoms with Gasteiger partial charge < -0.3 is 5.73 Å². The van der Waals surface area contributed by atoms with E-state index in [9.17, 15) is 4.39 Å². The molecule has 0 aromatic heterocycles. The van der Waals surface area contributed by atoms with E-state index in [4.69, 9.17) is 5.73 Å². The number of hydrogen-bond acceptors (Lipinski definition) is 2. The molecule has 0 atom stereocenters. The Hall–Kier alpha value is -0.540. The van der Waals surface area contributed by atoms with E-state index in [0.29, 0.717) is 0 Å². The predicted molar refractivity (Wildman–Crippen MR) is 62.7 cm³/mol. The Morgan fingerprint density at radius 3 is 2.73 bits per heavy atom. The third-order valence-corrected chi connectivity index (χ3v) is 3.77. The van der Waals surface area contributed by atoms with Crippen LogP contribution in [0.2, 0.25) is 0 Å². The van der Waals surface area contributed by atoms with Crippen LogP contribution in [0.25, 0.3) is 0 Å². The summed E-state index contributed by atoms with van der Waals surface area (Å²) in [6, 6.07) is 5.46. The average Bonchev–Trinajstić information content (AvgIpc) is 2.95. The molecule has 0 aliphatic heterocycles. The van der Waals surface area contributed by atoms with Crippen LogP contribution in [0.1, 0.15) is 24.8 Å². The van der Waals surface area contributed by atoms with Crippen molar-refractivity contribution < 1.29 is 4.39 Å². The van der Waals surface area contributed by atoms with Crippen molar-refractivity contribution in [2.45, 2.75) is 36.1 Å². The molecule has 2 N–H and O–H groups in total. The molecule has 1 saturated carbocycles. The second-order valence-corrected chi connectivity index (χ2v) is 5.20. The van der Waals surface area contributed by atoms with Crippen LogP contribution in [0.4, 0.5) is 4.39 Å². The molecule has 0 bridgehead atoms. The van der Waals surface area contributed by atoms with Gasteiger partial charge in [0.1, 0.15) is 5.82 Å². The van der Waals surface area contributed by atoms with Crippen LogP contribution in [0.5, 0.6) is 0 Å². The minimum absolute atomic E-state index is 0.0185. The second kappa shape index (κ2) is 4.14. The Morgan fingerprint density at radius 2 is 2.20 bits per heavy atom. The Balaban J connectivity index is 2.01. The highest BCUT2D eigenvalue weighted by Gasteiger charge is 2.37. The van der Waals surface area contributed by atoms with Gasteiger partial charge in [0.15, 0.2) is 0 Å². The Bertz CT molecular complexity index is 361. The number of halogens is 1. The Labute approximate surface area is 94.2 Å². The lowest BCUT2D eigenvalue weighted by Crippen LogP contribution is -2.22. The summed E-state index contributed by atoms with van der Waals surface area (Å²) < 4.78 is 13.6. The van der Waals surface area contributed by atoms with Gasteiger partial charge in [-0.15, -0.1) is 11.8 Å². The molecule has 0 saturated heterocycles. The van der Waals surface area contributed by atoms with Crippen molar-refractivity contribution in [2.75, 3.05) is 6.26 Å². The average molecular weight is 225 g/mol. The van der Waals surface area contributed by atoms with E-state index in [2.05, 4.69) is 0 Å². The first-order chi connectivity index (χ1) is 7.13. The summed E-state index contributed by atoms with van der Waals surface area (Å²) in [6.45, 7) is 0. The SMILES string of the molecule is CSc1ccc(CCC2(N)CC2)c(F)c1. The normalized spacial score (nSPS) is 17.8. The smallest absolute Gasteiger partial charge is 0.127 e. The lowest BCUT2D eigenvalue weighted by Gasteiger charge is -2.09. The summed E-state index contributed by atoms with van der Waals surface area (Å²) in [5, 5.41) is 0. The molecule has 2 rings (SSSR count). The predicted octanol–water partition coefficient (Wildman–Crippen LogP) is 2.97. The van der Waals surface area contributed by atoms with Crippen molar-refractivity contribution in [3.8, 4) is 0 Å². The highest BCUT2D eigenvalue weighted by molar-refractivity contribution is 7.98. The van der Waals surface area contributed by atoms with Gasteiger partial charge in [-0.25, -0.2) is 4.39 Å². The zero-order valence-electron chi connectivity index (χ0n) is 8.92. The van der Waals surface area contributed by atoms with Gasteiger partial charge in [0.25, 0.3) is 0 Å². The molecule has 0 spiro atoms. The van der Waals surface area contributed by atoms with Gasteiger partial charge in [-0.2, -0.15) is 0 Å². The third-order valence-electron chi connectivity index (χ3n) is 3.04. The highest BCUT2D eigenvalue weighted by Crippen LogP contribution is 2.36. The molecule has 1 aliphatic rings. The van der Waals surface area contributed by atoms with Crippen molar-refractivity contribution >= 4 is 11.8 Å². The van der Waals surface area contributed by atoms with Crippen molar-refractivity contribution in [3.05, 3.63) is 29.6 Å². The third kappa shape index (κ3) is 2.73. The zero-order valence-corrected chi connectivity index (χ0v) is 9.74. The maximum Gasteiger partial charge on any atom is 0.127 e. The minimum Gasteiger partial charge on any atom is -0.325 e. The van der Waals surface area contributed by atoms with Crippen LogP contribution in [0, 0.1) is 5.82 Å². The fourth-order valence-corrected chi connectivity index (χ4v) is 2.08. The molecule has 1 nitrogen and oxygen atoms in total. The summed E-state index contributed by atoms with van der Waals surface area (Å²) >= 11 is 1.56. The molecular weight excluding hydrogens is 209 g/mol. The monoisotopic (exact) mass is 225 g/mol. The summed E-state index contributed by atoms with van der Waals surface area (Å²) in [5.74, 6) is -0.0916. The van der Waals surface area contributed by atoms with Crippen molar-refractivity contribution in [1.82, 2.24) is 0 Å². The van der Waals surface area contributed by atoms with Crippen molar-refractivity contribution in [1.29, 1.82) is 0 Å². The molecule has 1 aliphatic carbocycles. The molecule has 0 heterocycles. The number of thioether (sulfide) groups is 1. The molecule has 15 heavy (non-hydrogen) atoms.